The van der Waals surface area contributed by atoms with Crippen molar-refractivity contribution in [2.45, 2.75) is 44.2 Å². The molecule has 0 amide bonds. The van der Waals surface area contributed by atoms with Crippen LogP contribution < -0.4 is 10.0 Å². The molecule has 2 aliphatic rings. The molecule has 0 spiro atoms. The van der Waals surface area contributed by atoms with Crippen LogP contribution in [0.3, 0.4) is 0 Å². The fourth-order valence-corrected chi connectivity index (χ4v) is 2.51. The summed E-state index contributed by atoms with van der Waals surface area (Å²) < 4.78 is 0. The maximum atomic E-state index is 10.6. The van der Waals surface area contributed by atoms with E-state index in [0.717, 1.165) is 13.0 Å². The Kier molecular flexibility index (Phi) is 2.05. The number of likely N-dealkylation sites (tertiary alicyclic amines) is 1. The molecule has 2 atom stereocenters. The highest BCUT2D eigenvalue weighted by atomic mass is 16.4. The van der Waals surface area contributed by atoms with Crippen LogP contribution in [0.25, 0.3) is 0 Å². The lowest BCUT2D eigenvalue weighted by atomic mass is 9.99. The Bertz CT molecular complexity index is 187. The lowest BCUT2D eigenvalue weighted by molar-refractivity contribution is -0.981. The monoisotopic (exact) mass is 169 g/mol. The first-order chi connectivity index (χ1) is 5.79. The topological polar surface area (TPSA) is 44.6 Å². The largest absolute Gasteiger partial charge is 0.544 e. The van der Waals surface area contributed by atoms with Gasteiger partial charge in [-0.05, 0) is 25.7 Å². The number of carbonyl (C=O) groups excluding carboxylic acids is 1. The van der Waals surface area contributed by atoms with Gasteiger partial charge in [-0.1, -0.05) is 0 Å². The SMILES string of the molecule is O=C([O-])[C@@H]1CC[NH+]1C1CCCC1. The van der Waals surface area contributed by atoms with Gasteiger partial charge in [0.15, 0.2) is 0 Å². The lowest BCUT2D eigenvalue weighted by Gasteiger charge is -2.41. The van der Waals surface area contributed by atoms with E-state index in [1.807, 2.05) is 0 Å². The van der Waals surface area contributed by atoms with Crippen LogP contribution in [0.5, 0.6) is 0 Å². The third kappa shape index (κ3) is 1.22. The van der Waals surface area contributed by atoms with Crippen molar-refractivity contribution in [3.05, 3.63) is 0 Å². The van der Waals surface area contributed by atoms with E-state index in [4.69, 9.17) is 0 Å². The third-order valence-corrected chi connectivity index (χ3v) is 3.33. The van der Waals surface area contributed by atoms with Gasteiger partial charge in [-0.25, -0.2) is 0 Å². The Morgan fingerprint density at radius 3 is 2.33 bits per heavy atom. The van der Waals surface area contributed by atoms with Crippen LogP contribution >= 0.6 is 0 Å². The Balaban J connectivity index is 1.91. The summed E-state index contributed by atoms with van der Waals surface area (Å²) in [6.45, 7) is 1.04. The highest BCUT2D eigenvalue weighted by Gasteiger charge is 2.40. The molecule has 0 aromatic carbocycles. The molecule has 2 rings (SSSR count). The van der Waals surface area contributed by atoms with E-state index < -0.39 is 5.97 Å². The van der Waals surface area contributed by atoms with E-state index in [2.05, 4.69) is 0 Å². The number of aliphatic carboxylic acids is 1. The molecule has 1 N–H and O–H groups in total. The first-order valence-corrected chi connectivity index (χ1v) is 4.85. The number of quaternary nitrogens is 1. The molecule has 12 heavy (non-hydrogen) atoms. The van der Waals surface area contributed by atoms with Crippen molar-refractivity contribution in [1.29, 1.82) is 0 Å². The van der Waals surface area contributed by atoms with Gasteiger partial charge in [0, 0.05) is 0 Å². The highest BCUT2D eigenvalue weighted by Crippen LogP contribution is 2.17. The summed E-state index contributed by atoms with van der Waals surface area (Å²) in [7, 11) is 0. The zero-order valence-electron chi connectivity index (χ0n) is 7.21. The number of carboxylic acids is 1. The number of rotatable bonds is 2. The van der Waals surface area contributed by atoms with Crippen molar-refractivity contribution >= 4 is 5.97 Å². The second-order valence-corrected chi connectivity index (χ2v) is 3.97. The summed E-state index contributed by atoms with van der Waals surface area (Å²) in [4.78, 5) is 11.9. The first-order valence-electron chi connectivity index (χ1n) is 4.85. The summed E-state index contributed by atoms with van der Waals surface area (Å²) in [5.74, 6) is -0.844. The summed E-state index contributed by atoms with van der Waals surface area (Å²) in [5.41, 5.74) is 0. The van der Waals surface area contributed by atoms with Gasteiger partial charge in [0.2, 0.25) is 0 Å². The van der Waals surface area contributed by atoms with Crippen LogP contribution in [0.2, 0.25) is 0 Å². The van der Waals surface area contributed by atoms with Gasteiger partial charge in [0.05, 0.1) is 25.0 Å². The average molecular weight is 169 g/mol. The van der Waals surface area contributed by atoms with Crippen molar-refractivity contribution in [3.63, 3.8) is 0 Å². The minimum Gasteiger partial charge on any atom is -0.544 e. The van der Waals surface area contributed by atoms with E-state index in [-0.39, 0.29) is 6.04 Å². The molecule has 0 radical (unpaired) electrons. The number of nitrogens with one attached hydrogen (secondary N) is 1. The Morgan fingerprint density at radius 1 is 1.25 bits per heavy atom. The predicted octanol–water partition coefficient (Wildman–Crippen LogP) is -1.66. The fourth-order valence-electron chi connectivity index (χ4n) is 2.51. The highest BCUT2D eigenvalue weighted by molar-refractivity contribution is 5.70. The summed E-state index contributed by atoms with van der Waals surface area (Å²) in [6, 6.07) is 0.440. The zero-order chi connectivity index (χ0) is 8.55. The van der Waals surface area contributed by atoms with Crippen LogP contribution in [0.4, 0.5) is 0 Å². The maximum absolute atomic E-state index is 10.6. The smallest absolute Gasteiger partial charge is 0.133 e. The van der Waals surface area contributed by atoms with E-state index in [1.54, 1.807) is 0 Å². The molecule has 3 heteroatoms. The molecule has 0 aromatic heterocycles. The van der Waals surface area contributed by atoms with Crippen molar-refractivity contribution < 1.29 is 14.8 Å². The van der Waals surface area contributed by atoms with E-state index >= 15 is 0 Å². The molecular weight excluding hydrogens is 154 g/mol. The summed E-state index contributed by atoms with van der Waals surface area (Å²) >= 11 is 0. The van der Waals surface area contributed by atoms with Crippen molar-refractivity contribution in [3.8, 4) is 0 Å². The van der Waals surface area contributed by atoms with Gasteiger partial charge in [0.25, 0.3) is 0 Å². The number of carboxylic acid groups (broad SMARTS) is 1. The maximum Gasteiger partial charge on any atom is 0.133 e. The van der Waals surface area contributed by atoms with Gasteiger partial charge < -0.3 is 14.8 Å². The molecule has 1 unspecified atom stereocenters. The average Bonchev–Trinajstić information content (AvgIpc) is 2.35. The summed E-state index contributed by atoms with van der Waals surface area (Å²) in [6.07, 6.45) is 5.84. The predicted molar refractivity (Wildman–Crippen MR) is 41.5 cm³/mol. The molecule has 1 saturated carbocycles. The van der Waals surface area contributed by atoms with Gasteiger partial charge >= 0.3 is 0 Å². The van der Waals surface area contributed by atoms with E-state index in [0.29, 0.717) is 6.04 Å². The molecular formula is C9H15NO2. The van der Waals surface area contributed by atoms with Crippen LogP contribution in [0, 0.1) is 0 Å². The molecule has 0 bridgehead atoms. The molecule has 2 fully saturated rings. The lowest BCUT2D eigenvalue weighted by Crippen LogP contribution is -3.26. The van der Waals surface area contributed by atoms with E-state index in [9.17, 15) is 9.90 Å². The van der Waals surface area contributed by atoms with Crippen LogP contribution in [-0.4, -0.2) is 24.6 Å². The zero-order valence-corrected chi connectivity index (χ0v) is 7.21. The Labute approximate surface area is 72.4 Å². The Morgan fingerprint density at radius 2 is 1.92 bits per heavy atom. The summed E-state index contributed by atoms with van der Waals surface area (Å²) in [5, 5.41) is 10.6. The Hall–Kier alpha value is -0.570. The van der Waals surface area contributed by atoms with Crippen molar-refractivity contribution in [2.75, 3.05) is 6.54 Å². The molecule has 1 saturated heterocycles. The van der Waals surface area contributed by atoms with Gasteiger partial charge in [-0.15, -0.1) is 0 Å². The van der Waals surface area contributed by atoms with Gasteiger partial charge in [-0.3, -0.25) is 0 Å². The molecule has 3 nitrogen and oxygen atoms in total. The standard InChI is InChI=1S/C9H15NO2/c11-9(12)8-5-6-10(8)7-3-1-2-4-7/h7-8H,1-6H2,(H,11,12)/t8-/m0/s1. The quantitative estimate of drug-likeness (QED) is 0.537. The molecule has 0 aromatic rings. The van der Waals surface area contributed by atoms with Gasteiger partial charge in [0.1, 0.15) is 6.04 Å². The van der Waals surface area contributed by atoms with Crippen LogP contribution in [-0.2, 0) is 4.79 Å². The molecule has 68 valence electrons. The second-order valence-electron chi connectivity index (χ2n) is 3.97. The molecule has 1 aliphatic heterocycles. The molecule has 1 aliphatic carbocycles. The molecule has 1 heterocycles. The van der Waals surface area contributed by atoms with E-state index in [1.165, 1.54) is 30.6 Å². The van der Waals surface area contributed by atoms with Crippen molar-refractivity contribution in [1.82, 2.24) is 0 Å². The van der Waals surface area contributed by atoms with Crippen LogP contribution in [0.15, 0.2) is 0 Å². The minimum absolute atomic E-state index is 0.187. The van der Waals surface area contributed by atoms with Crippen molar-refractivity contribution in [2.24, 2.45) is 0 Å². The van der Waals surface area contributed by atoms with Gasteiger partial charge in [-0.2, -0.15) is 0 Å². The fraction of sp³-hybridized carbons (Fsp3) is 0.889. The second kappa shape index (κ2) is 3.05. The minimum atomic E-state index is -0.844. The number of carbonyl (C=O) groups is 1. The third-order valence-electron chi connectivity index (χ3n) is 3.33. The number of hydrogen-bond acceptors (Lipinski definition) is 2. The number of hydrogen-bond donors (Lipinski definition) is 1. The van der Waals surface area contributed by atoms with Crippen LogP contribution in [0.1, 0.15) is 32.1 Å². The normalized spacial score (nSPS) is 36.3. The first kappa shape index (κ1) is 8.05.